The molecular formula is C23H19F2N4O2S+. The highest BCUT2D eigenvalue weighted by Crippen LogP contribution is 2.38. The van der Waals surface area contributed by atoms with Crippen LogP contribution in [0.3, 0.4) is 0 Å². The van der Waals surface area contributed by atoms with Gasteiger partial charge in [-0.2, -0.15) is 14.1 Å². The van der Waals surface area contributed by atoms with E-state index in [1.165, 1.54) is 28.3 Å². The van der Waals surface area contributed by atoms with Crippen molar-refractivity contribution < 1.29 is 23.0 Å². The number of halogens is 2. The lowest BCUT2D eigenvalue weighted by molar-refractivity contribution is -0.428. The Morgan fingerprint density at radius 3 is 2.81 bits per heavy atom. The monoisotopic (exact) mass is 453 g/mol. The fourth-order valence-electron chi connectivity index (χ4n) is 4.66. The Hall–Kier alpha value is -3.20. The zero-order valence-corrected chi connectivity index (χ0v) is 17.8. The van der Waals surface area contributed by atoms with Gasteiger partial charge in [-0.3, -0.25) is 0 Å². The van der Waals surface area contributed by atoms with Crippen LogP contribution in [0.2, 0.25) is 0 Å². The molecule has 6 nitrogen and oxygen atoms in total. The highest BCUT2D eigenvalue weighted by atomic mass is 32.1. The van der Waals surface area contributed by atoms with Gasteiger partial charge in [0.05, 0.1) is 4.70 Å². The van der Waals surface area contributed by atoms with E-state index in [4.69, 9.17) is 4.74 Å². The van der Waals surface area contributed by atoms with Crippen LogP contribution in [0.1, 0.15) is 37.3 Å². The van der Waals surface area contributed by atoms with Crippen molar-refractivity contribution >= 4 is 39.7 Å². The van der Waals surface area contributed by atoms with Crippen LogP contribution < -0.4 is 4.74 Å². The molecule has 0 bridgehead atoms. The Morgan fingerprint density at radius 1 is 1.19 bits per heavy atom. The van der Waals surface area contributed by atoms with Crippen LogP contribution in [0.25, 0.3) is 10.1 Å². The third kappa shape index (κ3) is 3.28. The van der Waals surface area contributed by atoms with Crippen LogP contribution in [0.4, 0.5) is 13.6 Å². The van der Waals surface area contributed by atoms with E-state index in [1.54, 1.807) is 4.90 Å². The average Bonchev–Trinajstić information content (AvgIpc) is 3.43. The number of hydrogen-bond donors (Lipinski definition) is 0. The molecule has 0 unspecified atom stereocenters. The summed E-state index contributed by atoms with van der Waals surface area (Å²) in [7, 11) is 0. The molecule has 0 spiro atoms. The fourth-order valence-corrected chi connectivity index (χ4v) is 5.36. The molecule has 162 valence electrons. The van der Waals surface area contributed by atoms with Crippen LogP contribution >= 0.6 is 11.5 Å². The SMILES string of the molecule is O=C1N2C(=N/[N+]1=C\C1CC(Oc3cccc4cnsc34)C1)CC[C@H]2c1cc(F)cc(F)c1. The number of amides is 2. The number of ether oxygens (including phenoxy) is 1. The largest absolute Gasteiger partial charge is 0.525 e. The van der Waals surface area contributed by atoms with Crippen LogP contribution in [-0.4, -0.2) is 38.1 Å². The van der Waals surface area contributed by atoms with Gasteiger partial charge in [0.15, 0.2) is 0 Å². The van der Waals surface area contributed by atoms with Crippen LogP contribution in [0, 0.1) is 17.6 Å². The molecule has 3 aromatic rings. The third-order valence-corrected chi connectivity index (χ3v) is 7.08. The van der Waals surface area contributed by atoms with Crippen molar-refractivity contribution in [1.29, 1.82) is 0 Å². The topological polar surface area (TPSA) is 57.8 Å². The molecule has 1 saturated heterocycles. The van der Waals surface area contributed by atoms with E-state index in [9.17, 15) is 13.6 Å². The van der Waals surface area contributed by atoms with E-state index in [0.29, 0.717) is 24.2 Å². The second-order valence-corrected chi connectivity index (χ2v) is 9.19. The molecule has 6 rings (SSSR count). The summed E-state index contributed by atoms with van der Waals surface area (Å²) in [6, 6.07) is 8.66. The van der Waals surface area contributed by atoms with Gasteiger partial charge in [-0.05, 0) is 47.7 Å². The maximum atomic E-state index is 13.7. The number of carbonyl (C=O) groups excluding carboxylic acids is 1. The lowest BCUT2D eigenvalue weighted by Crippen LogP contribution is -2.38. The summed E-state index contributed by atoms with van der Waals surface area (Å²) in [6.07, 6.45) is 6.53. The Balaban J connectivity index is 1.14. The quantitative estimate of drug-likeness (QED) is 0.517. The van der Waals surface area contributed by atoms with Crippen molar-refractivity contribution in [3.05, 3.63) is 59.8 Å². The molecule has 1 aliphatic carbocycles. The lowest BCUT2D eigenvalue weighted by atomic mass is 9.83. The van der Waals surface area contributed by atoms with Gasteiger partial charge in [0, 0.05) is 42.0 Å². The van der Waals surface area contributed by atoms with Gasteiger partial charge in [0.2, 0.25) is 5.84 Å². The Kier molecular flexibility index (Phi) is 4.53. The maximum absolute atomic E-state index is 13.7. The van der Waals surface area contributed by atoms with Crippen molar-refractivity contribution in [3.8, 4) is 5.75 Å². The highest BCUT2D eigenvalue weighted by Gasteiger charge is 2.50. The van der Waals surface area contributed by atoms with E-state index >= 15 is 0 Å². The zero-order chi connectivity index (χ0) is 21.8. The number of hydrazone groups is 1. The van der Waals surface area contributed by atoms with Crippen LogP contribution in [0.5, 0.6) is 5.75 Å². The van der Waals surface area contributed by atoms with Gasteiger partial charge in [0.1, 0.15) is 35.7 Å². The van der Waals surface area contributed by atoms with E-state index in [-0.39, 0.29) is 18.1 Å². The molecule has 2 fully saturated rings. The van der Waals surface area contributed by atoms with Crippen molar-refractivity contribution in [3.63, 3.8) is 0 Å². The Labute approximate surface area is 186 Å². The fraction of sp³-hybridized carbons (Fsp3) is 0.304. The molecule has 0 radical (unpaired) electrons. The molecule has 1 atom stereocenters. The summed E-state index contributed by atoms with van der Waals surface area (Å²) < 4.78 is 40.1. The first-order valence-corrected chi connectivity index (χ1v) is 11.3. The van der Waals surface area contributed by atoms with Gasteiger partial charge in [-0.1, -0.05) is 16.8 Å². The Bertz CT molecular complexity index is 1280. The number of amidine groups is 1. The molecule has 2 amide bonds. The minimum atomic E-state index is -0.644. The first-order chi connectivity index (χ1) is 15.5. The molecular weight excluding hydrogens is 434 g/mol. The minimum Gasteiger partial charge on any atom is -0.489 e. The molecule has 2 aliphatic heterocycles. The minimum absolute atomic E-state index is 0.0807. The average molecular weight is 453 g/mol. The van der Waals surface area contributed by atoms with E-state index in [1.807, 2.05) is 30.6 Å². The second kappa shape index (κ2) is 7.44. The summed E-state index contributed by atoms with van der Waals surface area (Å²) in [5, 5.41) is 5.52. The highest BCUT2D eigenvalue weighted by molar-refractivity contribution is 7.13. The number of urea groups is 1. The standard InChI is InChI=1S/C23H19F2N4O2S/c24-16-8-15(9-17(25)10-16)19-4-5-21-27-28(23(30)29(19)21)12-13-6-18(7-13)31-20-3-1-2-14-11-26-32-22(14)20/h1-3,8-13,18-19H,4-7H2/q+1/b28-12-/t13?,18?,19-/m0/s1. The summed E-state index contributed by atoms with van der Waals surface area (Å²) in [6.45, 7) is 0. The maximum Gasteiger partial charge on any atom is 0.525 e. The van der Waals surface area contributed by atoms with Crippen molar-refractivity contribution in [2.24, 2.45) is 11.0 Å². The summed E-state index contributed by atoms with van der Waals surface area (Å²) in [5.74, 6) is 0.380. The van der Waals surface area contributed by atoms with Crippen molar-refractivity contribution in [2.45, 2.75) is 37.8 Å². The van der Waals surface area contributed by atoms with Gasteiger partial charge in [-0.25, -0.2) is 8.78 Å². The van der Waals surface area contributed by atoms with Gasteiger partial charge >= 0.3 is 6.03 Å². The summed E-state index contributed by atoms with van der Waals surface area (Å²) in [5.41, 5.74) is 0.456. The number of hydrogen-bond acceptors (Lipinski definition) is 5. The van der Waals surface area contributed by atoms with Crippen LogP contribution in [0.15, 0.2) is 47.7 Å². The molecule has 3 aliphatic rings. The van der Waals surface area contributed by atoms with E-state index < -0.39 is 17.7 Å². The molecule has 1 aromatic heterocycles. The molecule has 2 aromatic carbocycles. The van der Waals surface area contributed by atoms with E-state index in [2.05, 4.69) is 9.47 Å². The smallest absolute Gasteiger partial charge is 0.489 e. The Morgan fingerprint density at radius 2 is 2.00 bits per heavy atom. The van der Waals surface area contributed by atoms with E-state index in [0.717, 1.165) is 34.7 Å². The van der Waals surface area contributed by atoms with Crippen LogP contribution in [-0.2, 0) is 0 Å². The predicted octanol–water partition coefficient (Wildman–Crippen LogP) is 5.10. The number of aromatic nitrogens is 1. The van der Waals surface area contributed by atoms with Crippen molar-refractivity contribution in [2.75, 3.05) is 0 Å². The normalized spacial score (nSPS) is 25.9. The number of fused-ring (bicyclic) bond motifs is 2. The number of rotatable bonds is 4. The third-order valence-electron chi connectivity index (χ3n) is 6.25. The number of carbonyl (C=O) groups is 1. The predicted molar refractivity (Wildman–Crippen MR) is 116 cm³/mol. The van der Waals surface area contributed by atoms with Crippen molar-refractivity contribution in [1.82, 2.24) is 9.27 Å². The summed E-state index contributed by atoms with van der Waals surface area (Å²) >= 11 is 1.42. The molecule has 3 heterocycles. The van der Waals surface area contributed by atoms with Gasteiger partial charge < -0.3 is 4.74 Å². The second-order valence-electron chi connectivity index (χ2n) is 8.39. The number of nitrogens with zero attached hydrogens (tertiary/aromatic N) is 4. The number of benzene rings is 2. The zero-order valence-electron chi connectivity index (χ0n) is 16.9. The first kappa shape index (κ1) is 19.5. The molecule has 32 heavy (non-hydrogen) atoms. The summed E-state index contributed by atoms with van der Waals surface area (Å²) in [4.78, 5) is 14.5. The first-order valence-electron chi connectivity index (χ1n) is 10.6. The molecule has 9 heteroatoms. The molecule has 1 saturated carbocycles. The van der Waals surface area contributed by atoms with Gasteiger partial charge in [-0.15, -0.1) is 0 Å². The lowest BCUT2D eigenvalue weighted by Gasteiger charge is -2.32. The molecule has 0 N–H and O–H groups in total. The van der Waals surface area contributed by atoms with Gasteiger partial charge in [0.25, 0.3) is 0 Å².